The van der Waals surface area contributed by atoms with Crippen LogP contribution in [-0.4, -0.2) is 4.92 Å². The molecule has 2 rings (SSSR count). The highest BCUT2D eigenvalue weighted by atomic mass is 79.9. The molecule has 0 aromatic heterocycles. The van der Waals surface area contributed by atoms with Crippen LogP contribution >= 0.6 is 31.9 Å². The largest absolute Gasteiger partial charge is 0.381 e. The smallest absolute Gasteiger partial charge is 0.283 e. The first-order valence-electron chi connectivity index (χ1n) is 5.59. The summed E-state index contributed by atoms with van der Waals surface area (Å²) in [7, 11) is 0. The molecule has 0 saturated carbocycles. The van der Waals surface area contributed by atoms with Crippen molar-refractivity contribution in [2.24, 2.45) is 0 Å². The maximum atomic E-state index is 13.4. The first-order valence-corrected chi connectivity index (χ1v) is 7.18. The van der Waals surface area contributed by atoms with Crippen molar-refractivity contribution in [3.05, 3.63) is 66.8 Å². The van der Waals surface area contributed by atoms with Crippen LogP contribution in [0.2, 0.25) is 0 Å². The zero-order chi connectivity index (χ0) is 14.7. The van der Waals surface area contributed by atoms with Crippen LogP contribution in [0, 0.1) is 15.9 Å². The molecule has 104 valence electrons. The van der Waals surface area contributed by atoms with Crippen molar-refractivity contribution in [1.82, 2.24) is 0 Å². The van der Waals surface area contributed by atoms with E-state index in [0.29, 0.717) is 21.2 Å². The van der Waals surface area contributed by atoms with Gasteiger partial charge in [-0.3, -0.25) is 10.1 Å². The fraction of sp³-hybridized carbons (Fsp3) is 0.0769. The Bertz CT molecular complexity index is 665. The number of rotatable bonds is 4. The molecule has 7 heteroatoms. The summed E-state index contributed by atoms with van der Waals surface area (Å²) in [4.78, 5) is 10.4. The van der Waals surface area contributed by atoms with E-state index >= 15 is 0 Å². The van der Waals surface area contributed by atoms with Gasteiger partial charge >= 0.3 is 0 Å². The Hall–Kier alpha value is -1.47. The van der Waals surface area contributed by atoms with Gasteiger partial charge in [0.25, 0.3) is 5.69 Å². The lowest BCUT2D eigenvalue weighted by molar-refractivity contribution is -0.385. The second-order valence-electron chi connectivity index (χ2n) is 3.99. The van der Waals surface area contributed by atoms with E-state index < -0.39 is 4.92 Å². The summed E-state index contributed by atoms with van der Waals surface area (Å²) in [6.45, 7) is 0.351. The zero-order valence-electron chi connectivity index (χ0n) is 10.1. The minimum absolute atomic E-state index is 0.00582. The van der Waals surface area contributed by atoms with E-state index in [4.69, 9.17) is 0 Å². The van der Waals surface area contributed by atoms with Crippen LogP contribution in [0.25, 0.3) is 0 Å². The van der Waals surface area contributed by atoms with Crippen LogP contribution in [0.5, 0.6) is 0 Å². The van der Waals surface area contributed by atoms with Crippen molar-refractivity contribution in [1.29, 1.82) is 0 Å². The fourth-order valence-corrected chi connectivity index (χ4v) is 2.44. The molecule has 4 nitrogen and oxygen atoms in total. The lowest BCUT2D eigenvalue weighted by Crippen LogP contribution is -2.02. The summed E-state index contributed by atoms with van der Waals surface area (Å²) in [6.07, 6.45) is 0. The van der Waals surface area contributed by atoms with Gasteiger partial charge < -0.3 is 5.32 Å². The number of nitro benzene ring substituents is 1. The predicted molar refractivity (Wildman–Crippen MR) is 82.2 cm³/mol. The minimum atomic E-state index is -0.452. The van der Waals surface area contributed by atoms with Crippen molar-refractivity contribution in [3.8, 4) is 0 Å². The molecule has 0 atom stereocenters. The highest BCUT2D eigenvalue weighted by Gasteiger charge is 2.14. The van der Waals surface area contributed by atoms with Gasteiger partial charge in [0.1, 0.15) is 10.3 Å². The number of hydrogen-bond donors (Lipinski definition) is 1. The van der Waals surface area contributed by atoms with Crippen molar-refractivity contribution in [2.75, 3.05) is 5.32 Å². The monoisotopic (exact) mass is 402 g/mol. The Morgan fingerprint density at radius 1 is 1.25 bits per heavy atom. The number of nitrogens with zero attached hydrogens (tertiary/aromatic N) is 1. The normalized spacial score (nSPS) is 10.3. The summed E-state index contributed by atoms with van der Waals surface area (Å²) in [5.41, 5.74) is 1.33. The molecule has 0 heterocycles. The number of nitrogens with one attached hydrogen (secondary N) is 1. The predicted octanol–water partition coefficient (Wildman–Crippen LogP) is 4.87. The van der Waals surface area contributed by atoms with Gasteiger partial charge in [0.05, 0.1) is 9.40 Å². The molecule has 0 fully saturated rings. The average Bonchev–Trinajstić information content (AvgIpc) is 2.41. The highest BCUT2D eigenvalue weighted by Crippen LogP contribution is 2.29. The highest BCUT2D eigenvalue weighted by molar-refractivity contribution is 9.11. The Morgan fingerprint density at radius 3 is 2.65 bits per heavy atom. The van der Waals surface area contributed by atoms with Crippen LogP contribution in [0.1, 0.15) is 5.56 Å². The second kappa shape index (κ2) is 6.32. The molecule has 20 heavy (non-hydrogen) atoms. The summed E-state index contributed by atoms with van der Waals surface area (Å²) < 4.78 is 14.2. The molecule has 0 unspecified atom stereocenters. The summed E-state index contributed by atoms with van der Waals surface area (Å²) in [5, 5.41) is 13.9. The molecule has 1 N–H and O–H groups in total. The van der Waals surface area contributed by atoms with Crippen LogP contribution in [0.15, 0.2) is 45.3 Å². The van der Waals surface area contributed by atoms with Crippen LogP contribution in [-0.2, 0) is 6.54 Å². The molecule has 0 bridgehead atoms. The van der Waals surface area contributed by atoms with Gasteiger partial charge in [0.15, 0.2) is 0 Å². The Balaban J connectivity index is 2.17. The standard InChI is InChI=1S/C13H9Br2FN2O2/c14-10-5-4-9(6-11(10)16)17-7-8-2-1-3-12(13(8)15)18(19)20/h1-6,17H,7H2. The van der Waals surface area contributed by atoms with Crippen molar-refractivity contribution >= 4 is 43.2 Å². The lowest BCUT2D eigenvalue weighted by Gasteiger charge is -2.09. The molecular formula is C13H9Br2FN2O2. The quantitative estimate of drug-likeness (QED) is 0.585. The molecule has 0 aliphatic rings. The lowest BCUT2D eigenvalue weighted by atomic mass is 10.2. The maximum absolute atomic E-state index is 13.4. The van der Waals surface area contributed by atoms with Crippen LogP contribution in [0.3, 0.4) is 0 Å². The molecule has 2 aromatic rings. The molecule has 0 aliphatic heterocycles. The van der Waals surface area contributed by atoms with Gasteiger partial charge in [-0.2, -0.15) is 0 Å². The average molecular weight is 404 g/mol. The Kier molecular flexibility index (Phi) is 4.72. The van der Waals surface area contributed by atoms with Gasteiger partial charge in [-0.15, -0.1) is 0 Å². The van der Waals surface area contributed by atoms with Crippen LogP contribution in [0.4, 0.5) is 15.8 Å². The third-order valence-corrected chi connectivity index (χ3v) is 4.22. The van der Waals surface area contributed by atoms with Crippen molar-refractivity contribution in [3.63, 3.8) is 0 Å². The van der Waals surface area contributed by atoms with E-state index in [9.17, 15) is 14.5 Å². The van der Waals surface area contributed by atoms with Gasteiger partial charge in [0, 0.05) is 18.3 Å². The van der Waals surface area contributed by atoms with Gasteiger partial charge in [-0.05, 0) is 55.6 Å². The third kappa shape index (κ3) is 3.34. The molecule has 0 aliphatic carbocycles. The zero-order valence-corrected chi connectivity index (χ0v) is 13.2. The van der Waals surface area contributed by atoms with Crippen molar-refractivity contribution in [2.45, 2.75) is 6.54 Å². The fourth-order valence-electron chi connectivity index (χ4n) is 1.65. The molecule has 0 amide bonds. The van der Waals surface area contributed by atoms with Crippen LogP contribution < -0.4 is 5.32 Å². The van der Waals surface area contributed by atoms with E-state index in [1.165, 1.54) is 12.1 Å². The van der Waals surface area contributed by atoms with E-state index in [1.54, 1.807) is 24.3 Å². The number of benzene rings is 2. The van der Waals surface area contributed by atoms with E-state index in [-0.39, 0.29) is 11.5 Å². The molecule has 0 saturated heterocycles. The molecule has 0 radical (unpaired) electrons. The number of halogens is 3. The summed E-state index contributed by atoms with van der Waals surface area (Å²) >= 11 is 6.30. The summed E-state index contributed by atoms with van der Waals surface area (Å²) in [6, 6.07) is 9.47. The van der Waals surface area contributed by atoms with Gasteiger partial charge in [-0.25, -0.2) is 4.39 Å². The number of hydrogen-bond acceptors (Lipinski definition) is 3. The van der Waals surface area contributed by atoms with E-state index in [0.717, 1.165) is 5.56 Å². The van der Waals surface area contributed by atoms with E-state index in [1.807, 2.05) is 0 Å². The number of anilines is 1. The Labute approximate surface area is 131 Å². The Morgan fingerprint density at radius 2 is 2.00 bits per heavy atom. The SMILES string of the molecule is O=[N+]([O-])c1cccc(CNc2ccc(Br)c(F)c2)c1Br. The first kappa shape index (κ1) is 14.9. The van der Waals surface area contributed by atoms with E-state index in [2.05, 4.69) is 37.2 Å². The van der Waals surface area contributed by atoms with Gasteiger partial charge in [-0.1, -0.05) is 12.1 Å². The third-order valence-electron chi connectivity index (χ3n) is 2.66. The second-order valence-corrected chi connectivity index (χ2v) is 5.64. The topological polar surface area (TPSA) is 55.2 Å². The van der Waals surface area contributed by atoms with Crippen molar-refractivity contribution < 1.29 is 9.31 Å². The molecular weight excluding hydrogens is 395 g/mol. The molecule has 2 aromatic carbocycles. The minimum Gasteiger partial charge on any atom is -0.381 e. The van der Waals surface area contributed by atoms with Gasteiger partial charge in [0.2, 0.25) is 0 Å². The first-order chi connectivity index (χ1) is 9.49. The number of nitro groups is 1. The maximum Gasteiger partial charge on any atom is 0.283 e. The summed E-state index contributed by atoms with van der Waals surface area (Å²) in [5.74, 6) is -0.367. The molecule has 0 spiro atoms.